The third kappa shape index (κ3) is 3.56. The zero-order valence-electron chi connectivity index (χ0n) is 16.4. The second-order valence-electron chi connectivity index (χ2n) is 7.41. The number of aryl methyl sites for hydroxylation is 2. The molecule has 2 aromatic heterocycles. The number of carbonyl (C=O) groups excluding carboxylic acids is 1. The van der Waals surface area contributed by atoms with Crippen molar-refractivity contribution in [1.29, 1.82) is 0 Å². The van der Waals surface area contributed by atoms with Crippen molar-refractivity contribution in [3.8, 4) is 11.4 Å². The quantitative estimate of drug-likeness (QED) is 0.700. The Hall–Kier alpha value is -2.61. The molecule has 3 heterocycles. The number of hydrogen-bond donors (Lipinski definition) is 2. The van der Waals surface area contributed by atoms with Crippen LogP contribution in [0.4, 0.5) is 5.13 Å². The van der Waals surface area contributed by atoms with Crippen LogP contribution in [0.5, 0.6) is 5.75 Å². The predicted octanol–water partition coefficient (Wildman–Crippen LogP) is 3.62. The van der Waals surface area contributed by atoms with E-state index in [0.717, 1.165) is 46.9 Å². The van der Waals surface area contributed by atoms with Crippen LogP contribution in [0, 0.1) is 13.8 Å². The van der Waals surface area contributed by atoms with Crippen LogP contribution in [-0.4, -0.2) is 49.8 Å². The topological polar surface area (TPSA) is 83.3 Å². The summed E-state index contributed by atoms with van der Waals surface area (Å²) in [6.45, 7) is 7.39. The van der Waals surface area contributed by atoms with Crippen molar-refractivity contribution in [2.24, 2.45) is 0 Å². The molecule has 2 N–H and O–H groups in total. The first-order valence-corrected chi connectivity index (χ1v) is 10.5. The third-order valence-electron chi connectivity index (χ3n) is 5.13. The number of phenolic OH excluding ortho intramolecular Hbond substituents is 1. The summed E-state index contributed by atoms with van der Waals surface area (Å²) >= 11 is 1.55. The molecule has 1 aliphatic rings. The van der Waals surface area contributed by atoms with Crippen LogP contribution in [0.2, 0.25) is 0 Å². The Morgan fingerprint density at radius 2 is 2.21 bits per heavy atom. The Morgan fingerprint density at radius 1 is 1.39 bits per heavy atom. The largest absolute Gasteiger partial charge is 0.506 e. The van der Waals surface area contributed by atoms with E-state index in [1.165, 1.54) is 0 Å². The molecule has 8 heteroatoms. The van der Waals surface area contributed by atoms with Gasteiger partial charge in [-0.1, -0.05) is 24.3 Å². The number of piperidine rings is 1. The minimum absolute atomic E-state index is 0.209. The molecule has 3 aromatic rings. The van der Waals surface area contributed by atoms with E-state index in [2.05, 4.69) is 15.4 Å². The number of nitrogens with zero attached hydrogens (tertiary/aromatic N) is 4. The van der Waals surface area contributed by atoms with E-state index in [1.54, 1.807) is 22.1 Å². The molecule has 0 spiro atoms. The van der Waals surface area contributed by atoms with Gasteiger partial charge >= 0.3 is 0 Å². The molecule has 7 nitrogen and oxygen atoms in total. The summed E-state index contributed by atoms with van der Waals surface area (Å²) in [6, 6.07) is 3.98. The number of aromatic hydroxyl groups is 1. The third-order valence-corrected chi connectivity index (χ3v) is 6.04. The van der Waals surface area contributed by atoms with Crippen molar-refractivity contribution in [1.82, 2.24) is 19.7 Å². The second kappa shape index (κ2) is 7.43. The number of thiazole rings is 1. The van der Waals surface area contributed by atoms with E-state index >= 15 is 0 Å². The van der Waals surface area contributed by atoms with Crippen molar-refractivity contribution < 1.29 is 9.90 Å². The first-order valence-electron chi connectivity index (χ1n) is 9.65. The summed E-state index contributed by atoms with van der Waals surface area (Å²) in [4.78, 5) is 18.5. The monoisotopic (exact) mass is 399 g/mol. The van der Waals surface area contributed by atoms with Crippen LogP contribution in [0.15, 0.2) is 18.3 Å². The van der Waals surface area contributed by atoms with E-state index in [4.69, 9.17) is 0 Å². The Kier molecular flexibility index (Phi) is 4.97. The van der Waals surface area contributed by atoms with Gasteiger partial charge in [0, 0.05) is 25.6 Å². The molecule has 1 atom stereocenters. The van der Waals surface area contributed by atoms with Crippen LogP contribution in [0.1, 0.15) is 37.3 Å². The zero-order chi connectivity index (χ0) is 19.8. The first kappa shape index (κ1) is 18.7. The van der Waals surface area contributed by atoms with E-state index in [-0.39, 0.29) is 17.7 Å². The Balaban J connectivity index is 1.53. The fourth-order valence-corrected chi connectivity index (χ4v) is 4.75. The van der Waals surface area contributed by atoms with Crippen molar-refractivity contribution in [3.05, 3.63) is 29.5 Å². The average molecular weight is 400 g/mol. The Bertz CT molecular complexity index is 970. The summed E-state index contributed by atoms with van der Waals surface area (Å²) in [7, 11) is 0. The van der Waals surface area contributed by atoms with Gasteiger partial charge in [0.05, 0.1) is 10.9 Å². The number of hydrogen-bond acceptors (Lipinski definition) is 6. The van der Waals surface area contributed by atoms with Crippen LogP contribution in [0.25, 0.3) is 16.0 Å². The molecule has 0 radical (unpaired) electrons. The number of nitrogens with one attached hydrogen (secondary N) is 1. The maximum atomic E-state index is 12.0. The first-order chi connectivity index (χ1) is 13.4. The lowest BCUT2D eigenvalue weighted by molar-refractivity contribution is -0.131. The molecule has 1 amide bonds. The van der Waals surface area contributed by atoms with Gasteiger partial charge < -0.3 is 15.3 Å². The lowest BCUT2D eigenvalue weighted by Gasteiger charge is -2.33. The molecule has 28 heavy (non-hydrogen) atoms. The highest BCUT2D eigenvalue weighted by molar-refractivity contribution is 7.22. The number of phenols is 1. The van der Waals surface area contributed by atoms with Crippen LogP contribution < -0.4 is 5.32 Å². The molecule has 1 saturated heterocycles. The summed E-state index contributed by atoms with van der Waals surface area (Å²) in [6.07, 6.45) is 4.49. The van der Waals surface area contributed by atoms with Crippen LogP contribution in [-0.2, 0) is 4.79 Å². The zero-order valence-corrected chi connectivity index (χ0v) is 17.2. The molecule has 148 valence electrons. The van der Waals surface area contributed by atoms with Gasteiger partial charge in [-0.2, -0.15) is 4.98 Å². The molecule has 0 aliphatic carbocycles. The summed E-state index contributed by atoms with van der Waals surface area (Å²) < 4.78 is 2.66. The lowest BCUT2D eigenvalue weighted by Crippen LogP contribution is -2.44. The minimum Gasteiger partial charge on any atom is -0.506 e. The number of fused-ring (bicyclic) bond motifs is 1. The van der Waals surface area contributed by atoms with Gasteiger partial charge in [0.2, 0.25) is 5.91 Å². The van der Waals surface area contributed by atoms with Gasteiger partial charge in [0.15, 0.2) is 10.8 Å². The molecular weight excluding hydrogens is 374 g/mol. The number of aromatic nitrogens is 3. The number of benzene rings is 1. The molecule has 1 aromatic carbocycles. The highest BCUT2D eigenvalue weighted by Gasteiger charge is 2.23. The normalized spacial score (nSPS) is 17.2. The predicted molar refractivity (Wildman–Crippen MR) is 111 cm³/mol. The molecule has 1 fully saturated rings. The van der Waals surface area contributed by atoms with Gasteiger partial charge in [-0.3, -0.25) is 4.79 Å². The van der Waals surface area contributed by atoms with Crippen molar-refractivity contribution in [2.45, 2.75) is 46.1 Å². The molecule has 4 rings (SSSR count). The smallest absolute Gasteiger partial charge is 0.222 e. The lowest BCUT2D eigenvalue weighted by atomic mass is 10.1. The SMILES string of the molecule is CCC(=O)N1CCCC(Nc2nc3nn(-c4c(C)cc(C)cc4O)cc3s2)C1. The summed E-state index contributed by atoms with van der Waals surface area (Å²) in [5.74, 6) is 0.425. The number of carbonyl (C=O) groups is 1. The molecule has 1 unspecified atom stereocenters. The number of anilines is 1. The highest BCUT2D eigenvalue weighted by Crippen LogP contribution is 2.31. The summed E-state index contributed by atoms with van der Waals surface area (Å²) in [5.41, 5.74) is 3.32. The van der Waals surface area contributed by atoms with Gasteiger partial charge in [-0.25, -0.2) is 4.68 Å². The summed E-state index contributed by atoms with van der Waals surface area (Å²) in [5, 5.41) is 19.2. The number of rotatable bonds is 4. The van der Waals surface area contributed by atoms with Gasteiger partial charge in [-0.15, -0.1) is 5.10 Å². The van der Waals surface area contributed by atoms with Gasteiger partial charge in [0.25, 0.3) is 0 Å². The Morgan fingerprint density at radius 3 is 2.93 bits per heavy atom. The van der Waals surface area contributed by atoms with E-state index in [1.807, 2.05) is 37.9 Å². The van der Waals surface area contributed by atoms with Gasteiger partial charge in [-0.05, 0) is 43.9 Å². The maximum Gasteiger partial charge on any atom is 0.222 e. The maximum absolute atomic E-state index is 12.0. The molecule has 0 bridgehead atoms. The van der Waals surface area contributed by atoms with Crippen molar-refractivity contribution >= 4 is 32.7 Å². The average Bonchev–Trinajstić information content (AvgIpc) is 3.18. The number of likely N-dealkylation sites (tertiary alicyclic amines) is 1. The van der Waals surface area contributed by atoms with Crippen LogP contribution >= 0.6 is 11.3 Å². The standard InChI is InChI=1S/C20H25N5O2S/c1-4-17(27)24-7-5-6-14(10-24)21-20-22-19-16(28-20)11-25(23-19)18-13(3)8-12(2)9-15(18)26/h8-9,11,14,26H,4-7,10H2,1-3H3,(H,21,22,23). The van der Waals surface area contributed by atoms with Crippen molar-refractivity contribution in [3.63, 3.8) is 0 Å². The fraction of sp³-hybridized carbons (Fsp3) is 0.450. The highest BCUT2D eigenvalue weighted by atomic mass is 32.1. The fourth-order valence-electron chi connectivity index (χ4n) is 3.85. The minimum atomic E-state index is 0.209. The van der Waals surface area contributed by atoms with E-state index in [0.29, 0.717) is 17.8 Å². The number of amides is 1. The molecular formula is C20H25N5O2S. The van der Waals surface area contributed by atoms with E-state index < -0.39 is 0 Å². The molecule has 1 aliphatic heterocycles. The van der Waals surface area contributed by atoms with E-state index in [9.17, 15) is 9.90 Å². The van der Waals surface area contributed by atoms with Crippen LogP contribution in [0.3, 0.4) is 0 Å². The van der Waals surface area contributed by atoms with Crippen molar-refractivity contribution in [2.75, 3.05) is 18.4 Å². The Labute approximate surface area is 168 Å². The molecule has 0 saturated carbocycles. The second-order valence-corrected chi connectivity index (χ2v) is 8.44. The van der Waals surface area contributed by atoms with Gasteiger partial charge in [0.1, 0.15) is 11.4 Å².